The minimum atomic E-state index is 0.264. The summed E-state index contributed by atoms with van der Waals surface area (Å²) in [5.74, 6) is 0. The molecule has 2 heterocycles. The average molecular weight is 323 g/mol. The Morgan fingerprint density at radius 1 is 1.25 bits per heavy atom. The van der Waals surface area contributed by atoms with Gasteiger partial charge in [0.15, 0.2) is 0 Å². The van der Waals surface area contributed by atoms with Gasteiger partial charge < -0.3 is 4.57 Å². The standard InChI is InChI=1S/C21H29N3/c1-5-23-19(14-17-9-8-16(15-22)13-20(17)23)11-10-18-7-6-12-24(18)21(2,3)4/h8-9,13-14,18H,5-7,10-12H2,1-4H3/t18-/m0/s1. The van der Waals surface area contributed by atoms with Gasteiger partial charge in [-0.3, -0.25) is 4.90 Å². The quantitative estimate of drug-likeness (QED) is 0.815. The van der Waals surface area contributed by atoms with Crippen LogP contribution in [0.3, 0.4) is 0 Å². The van der Waals surface area contributed by atoms with E-state index < -0.39 is 0 Å². The molecule has 0 saturated carbocycles. The summed E-state index contributed by atoms with van der Waals surface area (Å²) < 4.78 is 2.38. The van der Waals surface area contributed by atoms with Gasteiger partial charge in [0.1, 0.15) is 0 Å². The largest absolute Gasteiger partial charge is 0.345 e. The summed E-state index contributed by atoms with van der Waals surface area (Å²) in [6, 6.07) is 11.3. The summed E-state index contributed by atoms with van der Waals surface area (Å²) in [6.45, 7) is 11.4. The molecule has 1 saturated heterocycles. The highest BCUT2D eigenvalue weighted by Gasteiger charge is 2.32. The van der Waals surface area contributed by atoms with Crippen molar-refractivity contribution in [2.45, 2.75) is 71.5 Å². The van der Waals surface area contributed by atoms with E-state index in [4.69, 9.17) is 5.26 Å². The van der Waals surface area contributed by atoms with Crippen molar-refractivity contribution in [2.75, 3.05) is 6.54 Å². The van der Waals surface area contributed by atoms with E-state index in [-0.39, 0.29) is 5.54 Å². The van der Waals surface area contributed by atoms with E-state index in [9.17, 15) is 0 Å². The summed E-state index contributed by atoms with van der Waals surface area (Å²) >= 11 is 0. The van der Waals surface area contributed by atoms with E-state index >= 15 is 0 Å². The van der Waals surface area contributed by atoms with E-state index in [0.717, 1.165) is 18.5 Å². The molecule has 1 aliphatic rings. The Hall–Kier alpha value is -1.79. The molecule has 1 atom stereocenters. The van der Waals surface area contributed by atoms with Gasteiger partial charge in [0.2, 0.25) is 0 Å². The van der Waals surface area contributed by atoms with Crippen molar-refractivity contribution in [1.29, 1.82) is 5.26 Å². The van der Waals surface area contributed by atoms with Crippen LogP contribution >= 0.6 is 0 Å². The SMILES string of the molecule is CCn1c(CC[C@@H]2CCCN2C(C)(C)C)cc2ccc(C#N)cc21. The van der Waals surface area contributed by atoms with Crippen LogP contribution in [0.5, 0.6) is 0 Å². The van der Waals surface area contributed by atoms with Crippen LogP contribution in [-0.4, -0.2) is 27.6 Å². The molecule has 0 unspecified atom stereocenters. The lowest BCUT2D eigenvalue weighted by atomic mass is 10.0. The third-order valence-corrected chi connectivity index (χ3v) is 5.41. The Balaban J connectivity index is 1.81. The molecule has 0 amide bonds. The van der Waals surface area contributed by atoms with E-state index in [1.54, 1.807) is 0 Å². The van der Waals surface area contributed by atoms with E-state index in [1.807, 2.05) is 12.1 Å². The number of hydrogen-bond donors (Lipinski definition) is 0. The van der Waals surface area contributed by atoms with Crippen molar-refractivity contribution in [3.05, 3.63) is 35.5 Å². The first kappa shape index (κ1) is 17.0. The second-order valence-corrected chi connectivity index (χ2v) is 7.96. The number of aromatic nitrogens is 1. The molecule has 0 aliphatic carbocycles. The summed E-state index contributed by atoms with van der Waals surface area (Å²) in [5, 5.41) is 10.4. The Bertz CT molecular complexity index is 758. The summed E-state index contributed by atoms with van der Waals surface area (Å²) in [7, 11) is 0. The second kappa shape index (κ2) is 6.61. The monoisotopic (exact) mass is 323 g/mol. The van der Waals surface area contributed by atoms with Crippen LogP contribution in [-0.2, 0) is 13.0 Å². The molecule has 128 valence electrons. The molecule has 1 aromatic carbocycles. The van der Waals surface area contributed by atoms with Crippen molar-refractivity contribution in [2.24, 2.45) is 0 Å². The fraction of sp³-hybridized carbons (Fsp3) is 0.571. The van der Waals surface area contributed by atoms with Gasteiger partial charge in [-0.25, -0.2) is 0 Å². The van der Waals surface area contributed by atoms with Crippen molar-refractivity contribution in [1.82, 2.24) is 9.47 Å². The maximum absolute atomic E-state index is 9.15. The van der Waals surface area contributed by atoms with Gasteiger partial charge in [-0.05, 0) is 83.5 Å². The fourth-order valence-electron chi connectivity index (χ4n) is 4.30. The minimum Gasteiger partial charge on any atom is -0.345 e. The lowest BCUT2D eigenvalue weighted by Crippen LogP contribution is -2.44. The molecular weight excluding hydrogens is 294 g/mol. The average Bonchev–Trinajstić information content (AvgIpc) is 3.15. The normalized spacial score (nSPS) is 19.0. The first-order valence-electron chi connectivity index (χ1n) is 9.23. The zero-order chi connectivity index (χ0) is 17.3. The minimum absolute atomic E-state index is 0.264. The molecule has 24 heavy (non-hydrogen) atoms. The van der Waals surface area contributed by atoms with Crippen LogP contribution in [0.4, 0.5) is 0 Å². The molecule has 0 spiro atoms. The smallest absolute Gasteiger partial charge is 0.0992 e. The van der Waals surface area contributed by atoms with Crippen molar-refractivity contribution in [3.63, 3.8) is 0 Å². The van der Waals surface area contributed by atoms with Gasteiger partial charge in [-0.15, -0.1) is 0 Å². The number of nitriles is 1. The van der Waals surface area contributed by atoms with Gasteiger partial charge in [-0.1, -0.05) is 6.07 Å². The molecule has 2 aromatic rings. The predicted molar refractivity (Wildman–Crippen MR) is 100 cm³/mol. The lowest BCUT2D eigenvalue weighted by molar-refractivity contribution is 0.116. The molecule has 0 radical (unpaired) electrons. The Morgan fingerprint density at radius 2 is 2.04 bits per heavy atom. The second-order valence-electron chi connectivity index (χ2n) is 7.96. The number of benzene rings is 1. The highest BCUT2D eigenvalue weighted by atomic mass is 15.2. The van der Waals surface area contributed by atoms with E-state index in [0.29, 0.717) is 6.04 Å². The van der Waals surface area contributed by atoms with Crippen LogP contribution in [0.2, 0.25) is 0 Å². The molecular formula is C21H29N3. The molecule has 3 heteroatoms. The molecule has 1 aromatic heterocycles. The third kappa shape index (κ3) is 3.21. The van der Waals surface area contributed by atoms with Crippen LogP contribution in [0.15, 0.2) is 24.3 Å². The Labute approximate surface area is 145 Å². The zero-order valence-electron chi connectivity index (χ0n) is 15.5. The molecule has 3 nitrogen and oxygen atoms in total. The maximum Gasteiger partial charge on any atom is 0.0992 e. The topological polar surface area (TPSA) is 32.0 Å². The van der Waals surface area contributed by atoms with E-state index in [2.05, 4.69) is 55.4 Å². The number of hydrogen-bond acceptors (Lipinski definition) is 2. The van der Waals surface area contributed by atoms with Gasteiger partial charge in [-0.2, -0.15) is 5.26 Å². The zero-order valence-corrected chi connectivity index (χ0v) is 15.5. The molecule has 1 aliphatic heterocycles. The van der Waals surface area contributed by atoms with Gasteiger partial charge in [0, 0.05) is 29.3 Å². The number of fused-ring (bicyclic) bond motifs is 1. The van der Waals surface area contributed by atoms with Gasteiger partial charge in [0.05, 0.1) is 11.6 Å². The van der Waals surface area contributed by atoms with Gasteiger partial charge >= 0.3 is 0 Å². The van der Waals surface area contributed by atoms with Crippen LogP contribution in [0.1, 0.15) is 58.2 Å². The Kier molecular flexibility index (Phi) is 4.69. The highest BCUT2D eigenvalue weighted by molar-refractivity contribution is 5.82. The van der Waals surface area contributed by atoms with Gasteiger partial charge in [0.25, 0.3) is 0 Å². The lowest BCUT2D eigenvalue weighted by Gasteiger charge is -2.37. The fourth-order valence-corrected chi connectivity index (χ4v) is 4.30. The summed E-state index contributed by atoms with van der Waals surface area (Å²) in [4.78, 5) is 2.68. The third-order valence-electron chi connectivity index (χ3n) is 5.41. The van der Waals surface area contributed by atoms with Crippen LogP contribution in [0.25, 0.3) is 10.9 Å². The first-order chi connectivity index (χ1) is 11.4. The number of likely N-dealkylation sites (tertiary alicyclic amines) is 1. The van der Waals surface area contributed by atoms with Crippen LogP contribution in [0, 0.1) is 11.3 Å². The molecule has 0 N–H and O–H groups in total. The summed E-state index contributed by atoms with van der Waals surface area (Å²) in [6.07, 6.45) is 4.98. The van der Waals surface area contributed by atoms with E-state index in [1.165, 1.54) is 42.4 Å². The predicted octanol–water partition coefficient (Wildman–Crippen LogP) is 4.73. The molecule has 3 rings (SSSR count). The maximum atomic E-state index is 9.15. The molecule has 1 fully saturated rings. The summed E-state index contributed by atoms with van der Waals surface area (Å²) in [5.41, 5.74) is 3.62. The first-order valence-corrected chi connectivity index (χ1v) is 9.23. The van der Waals surface area contributed by atoms with Crippen molar-refractivity contribution in [3.8, 4) is 6.07 Å². The van der Waals surface area contributed by atoms with Crippen molar-refractivity contribution < 1.29 is 0 Å². The molecule has 0 bridgehead atoms. The number of rotatable bonds is 4. The van der Waals surface area contributed by atoms with Crippen LogP contribution < -0.4 is 0 Å². The number of nitrogens with zero attached hydrogens (tertiary/aromatic N) is 3. The Morgan fingerprint density at radius 3 is 2.71 bits per heavy atom. The number of aryl methyl sites for hydroxylation is 2. The van der Waals surface area contributed by atoms with Crippen molar-refractivity contribution >= 4 is 10.9 Å². The highest BCUT2D eigenvalue weighted by Crippen LogP contribution is 2.30.